The Bertz CT molecular complexity index is 293. The molecule has 1 rings (SSSR count). The van der Waals surface area contributed by atoms with Crippen LogP contribution in [0.25, 0.3) is 0 Å². The topological polar surface area (TPSA) is 0 Å². The fraction of sp³-hybridized carbons (Fsp3) is 0.600. The Morgan fingerprint density at radius 2 is 2.20 bits per heavy atom. The molecule has 0 aromatic heterocycles. The molecule has 0 saturated carbocycles. The van der Waals surface area contributed by atoms with E-state index in [0.717, 1.165) is 0 Å². The van der Waals surface area contributed by atoms with Gasteiger partial charge in [0, 0.05) is 5.41 Å². The molecule has 0 spiro atoms. The molecule has 0 heteroatoms. The SMILES string of the molecule is C=CC1(C)CCC(C(=C)C)C=C1C(C)C. The van der Waals surface area contributed by atoms with Crippen LogP contribution in [0.3, 0.4) is 0 Å². The standard InChI is InChI=1S/C15H24/c1-7-15(6)9-8-13(11(2)3)10-14(15)12(4)5/h7,10,12-13H,1-2,8-9H2,3-6H3. The molecule has 0 fully saturated rings. The molecule has 2 atom stereocenters. The minimum atomic E-state index is 0.208. The first kappa shape index (κ1) is 12.3. The van der Waals surface area contributed by atoms with Gasteiger partial charge in [0.1, 0.15) is 0 Å². The van der Waals surface area contributed by atoms with Crippen molar-refractivity contribution in [2.75, 3.05) is 0 Å². The zero-order valence-corrected chi connectivity index (χ0v) is 10.6. The summed E-state index contributed by atoms with van der Waals surface area (Å²) in [5.74, 6) is 1.19. The van der Waals surface area contributed by atoms with Crippen LogP contribution in [0, 0.1) is 17.3 Å². The van der Waals surface area contributed by atoms with Crippen molar-refractivity contribution in [2.24, 2.45) is 17.3 Å². The zero-order chi connectivity index (χ0) is 11.6. The van der Waals surface area contributed by atoms with Crippen molar-refractivity contribution < 1.29 is 0 Å². The maximum absolute atomic E-state index is 4.08. The highest BCUT2D eigenvalue weighted by Crippen LogP contribution is 2.44. The summed E-state index contributed by atoms with van der Waals surface area (Å²) in [7, 11) is 0. The van der Waals surface area contributed by atoms with Crippen LogP contribution >= 0.6 is 0 Å². The van der Waals surface area contributed by atoms with E-state index in [1.807, 2.05) is 0 Å². The lowest BCUT2D eigenvalue weighted by Crippen LogP contribution is -2.26. The summed E-state index contributed by atoms with van der Waals surface area (Å²) >= 11 is 0. The van der Waals surface area contributed by atoms with E-state index in [0.29, 0.717) is 11.8 Å². The summed E-state index contributed by atoms with van der Waals surface area (Å²) in [6, 6.07) is 0. The van der Waals surface area contributed by atoms with E-state index in [1.54, 1.807) is 0 Å². The van der Waals surface area contributed by atoms with Gasteiger partial charge in [0.2, 0.25) is 0 Å². The van der Waals surface area contributed by atoms with Crippen LogP contribution in [0.2, 0.25) is 0 Å². The fourth-order valence-electron chi connectivity index (χ4n) is 2.55. The van der Waals surface area contributed by atoms with Crippen molar-refractivity contribution in [3.63, 3.8) is 0 Å². The first-order chi connectivity index (χ1) is 6.90. The third kappa shape index (κ3) is 2.42. The van der Waals surface area contributed by atoms with Gasteiger partial charge in [-0.2, -0.15) is 0 Å². The van der Waals surface area contributed by atoms with Crippen LogP contribution in [0.1, 0.15) is 40.5 Å². The molecular formula is C15H24. The zero-order valence-electron chi connectivity index (χ0n) is 10.6. The first-order valence-corrected chi connectivity index (χ1v) is 5.92. The Morgan fingerprint density at radius 1 is 1.60 bits per heavy atom. The lowest BCUT2D eigenvalue weighted by molar-refractivity contribution is 0.363. The maximum Gasteiger partial charge on any atom is 0.00629 e. The molecule has 0 bridgehead atoms. The molecule has 0 aromatic rings. The predicted molar refractivity (Wildman–Crippen MR) is 68.8 cm³/mol. The first-order valence-electron chi connectivity index (χ1n) is 5.92. The van der Waals surface area contributed by atoms with Crippen LogP contribution in [0.4, 0.5) is 0 Å². The molecule has 0 aliphatic heterocycles. The van der Waals surface area contributed by atoms with Gasteiger partial charge in [-0.3, -0.25) is 0 Å². The molecule has 0 heterocycles. The second-order valence-corrected chi connectivity index (χ2v) is 5.39. The monoisotopic (exact) mass is 204 g/mol. The number of allylic oxidation sites excluding steroid dienone is 4. The predicted octanol–water partition coefficient (Wildman–Crippen LogP) is 4.75. The van der Waals surface area contributed by atoms with Crippen LogP contribution < -0.4 is 0 Å². The Morgan fingerprint density at radius 3 is 2.60 bits per heavy atom. The van der Waals surface area contributed by atoms with Gasteiger partial charge in [-0.15, -0.1) is 6.58 Å². The number of hydrogen-bond donors (Lipinski definition) is 0. The third-order valence-electron chi connectivity index (χ3n) is 3.72. The molecule has 1 aliphatic carbocycles. The van der Waals surface area contributed by atoms with Crippen LogP contribution in [0.5, 0.6) is 0 Å². The van der Waals surface area contributed by atoms with Gasteiger partial charge in [0.25, 0.3) is 0 Å². The lowest BCUT2D eigenvalue weighted by Gasteiger charge is -2.38. The summed E-state index contributed by atoms with van der Waals surface area (Å²) in [6.45, 7) is 17.1. The molecule has 0 aromatic carbocycles. The molecule has 0 saturated heterocycles. The quantitative estimate of drug-likeness (QED) is 0.582. The highest BCUT2D eigenvalue weighted by Gasteiger charge is 2.32. The molecule has 84 valence electrons. The summed E-state index contributed by atoms with van der Waals surface area (Å²) in [5, 5.41) is 0. The summed E-state index contributed by atoms with van der Waals surface area (Å²) in [4.78, 5) is 0. The summed E-state index contributed by atoms with van der Waals surface area (Å²) in [5.41, 5.74) is 3.04. The summed E-state index contributed by atoms with van der Waals surface area (Å²) in [6.07, 6.45) is 6.97. The van der Waals surface area contributed by atoms with Crippen LogP contribution in [-0.2, 0) is 0 Å². The van der Waals surface area contributed by atoms with Crippen molar-refractivity contribution >= 4 is 0 Å². The second kappa shape index (κ2) is 4.38. The molecule has 0 nitrogen and oxygen atoms in total. The Balaban J connectivity index is 3.06. The lowest BCUT2D eigenvalue weighted by atomic mass is 9.67. The molecular weight excluding hydrogens is 180 g/mol. The van der Waals surface area contributed by atoms with Gasteiger partial charge in [0.15, 0.2) is 0 Å². The van der Waals surface area contributed by atoms with Crippen molar-refractivity contribution in [1.29, 1.82) is 0 Å². The molecule has 0 amide bonds. The summed E-state index contributed by atoms with van der Waals surface area (Å²) < 4.78 is 0. The van der Waals surface area contributed by atoms with Crippen molar-refractivity contribution in [1.82, 2.24) is 0 Å². The Hall–Kier alpha value is -0.780. The van der Waals surface area contributed by atoms with E-state index in [1.165, 1.54) is 24.0 Å². The van der Waals surface area contributed by atoms with E-state index in [2.05, 4.69) is 53.0 Å². The Labute approximate surface area is 94.8 Å². The minimum absolute atomic E-state index is 0.208. The molecule has 2 unspecified atom stereocenters. The number of hydrogen-bond acceptors (Lipinski definition) is 0. The van der Waals surface area contributed by atoms with E-state index in [-0.39, 0.29) is 5.41 Å². The van der Waals surface area contributed by atoms with Gasteiger partial charge >= 0.3 is 0 Å². The van der Waals surface area contributed by atoms with Crippen molar-refractivity contribution in [3.8, 4) is 0 Å². The van der Waals surface area contributed by atoms with E-state index in [9.17, 15) is 0 Å². The number of rotatable bonds is 3. The smallest absolute Gasteiger partial charge is 0.00629 e. The fourth-order valence-corrected chi connectivity index (χ4v) is 2.55. The normalized spacial score (nSPS) is 31.3. The van der Waals surface area contributed by atoms with Crippen molar-refractivity contribution in [2.45, 2.75) is 40.5 Å². The van der Waals surface area contributed by atoms with Crippen molar-refractivity contribution in [3.05, 3.63) is 36.5 Å². The average Bonchev–Trinajstić information content (AvgIpc) is 2.17. The third-order valence-corrected chi connectivity index (χ3v) is 3.72. The average molecular weight is 204 g/mol. The minimum Gasteiger partial charge on any atom is -0.102 e. The molecule has 15 heavy (non-hydrogen) atoms. The highest BCUT2D eigenvalue weighted by atomic mass is 14.4. The van der Waals surface area contributed by atoms with E-state index < -0.39 is 0 Å². The van der Waals surface area contributed by atoms with Gasteiger partial charge in [0.05, 0.1) is 0 Å². The van der Waals surface area contributed by atoms with Crippen LogP contribution in [0.15, 0.2) is 36.5 Å². The van der Waals surface area contributed by atoms with Gasteiger partial charge in [-0.05, 0) is 31.6 Å². The van der Waals surface area contributed by atoms with Gasteiger partial charge in [-0.25, -0.2) is 0 Å². The van der Waals surface area contributed by atoms with Gasteiger partial charge in [-0.1, -0.05) is 50.6 Å². The van der Waals surface area contributed by atoms with Crippen LogP contribution in [-0.4, -0.2) is 0 Å². The second-order valence-electron chi connectivity index (χ2n) is 5.39. The van der Waals surface area contributed by atoms with E-state index in [4.69, 9.17) is 0 Å². The van der Waals surface area contributed by atoms with E-state index >= 15 is 0 Å². The molecule has 0 N–H and O–H groups in total. The Kier molecular flexibility index (Phi) is 3.59. The molecule has 1 aliphatic rings. The largest absolute Gasteiger partial charge is 0.102 e. The maximum atomic E-state index is 4.08. The van der Waals surface area contributed by atoms with Gasteiger partial charge < -0.3 is 0 Å². The molecule has 0 radical (unpaired) electrons. The highest BCUT2D eigenvalue weighted by molar-refractivity contribution is 5.28.